The first-order chi connectivity index (χ1) is 11.2. The molecule has 1 amide bonds. The molecule has 3 rings (SSSR count). The number of benzene rings is 1. The van der Waals surface area contributed by atoms with Gasteiger partial charge in [0.15, 0.2) is 0 Å². The molecule has 1 saturated heterocycles. The van der Waals surface area contributed by atoms with Gasteiger partial charge in [0.05, 0.1) is 18.4 Å². The van der Waals surface area contributed by atoms with Gasteiger partial charge >= 0.3 is 0 Å². The van der Waals surface area contributed by atoms with Gasteiger partial charge in [-0.1, -0.05) is 36.0 Å². The van der Waals surface area contributed by atoms with E-state index < -0.39 is 0 Å². The highest BCUT2D eigenvalue weighted by Gasteiger charge is 2.34. The minimum atomic E-state index is -0.264. The van der Waals surface area contributed by atoms with Crippen molar-refractivity contribution in [3.8, 4) is 0 Å². The molecule has 5 nitrogen and oxygen atoms in total. The van der Waals surface area contributed by atoms with Gasteiger partial charge < -0.3 is 9.64 Å². The number of hydrogen-bond donors (Lipinski definition) is 0. The van der Waals surface area contributed by atoms with Crippen LogP contribution in [0.25, 0.3) is 0 Å². The summed E-state index contributed by atoms with van der Waals surface area (Å²) in [4.78, 5) is 14.7. The smallest absolute Gasteiger partial charge is 0.267 e. The topological polar surface area (TPSA) is 55.3 Å². The Morgan fingerprint density at radius 3 is 2.96 bits per heavy atom. The van der Waals surface area contributed by atoms with E-state index in [0.717, 1.165) is 30.1 Å². The fourth-order valence-corrected chi connectivity index (χ4v) is 3.12. The number of nitrogens with zero attached hydrogens (tertiary/aromatic N) is 3. The van der Waals surface area contributed by atoms with Crippen LogP contribution in [0.15, 0.2) is 24.3 Å². The molecule has 122 valence electrons. The van der Waals surface area contributed by atoms with Crippen molar-refractivity contribution in [2.45, 2.75) is 32.5 Å². The Labute approximate surface area is 138 Å². The Morgan fingerprint density at radius 1 is 1.43 bits per heavy atom. The van der Waals surface area contributed by atoms with Gasteiger partial charge in [0.25, 0.3) is 5.91 Å². The molecule has 1 aromatic carbocycles. The lowest BCUT2D eigenvalue weighted by atomic mass is 10.1. The van der Waals surface area contributed by atoms with Crippen LogP contribution < -0.4 is 0 Å². The van der Waals surface area contributed by atoms with Crippen molar-refractivity contribution in [2.24, 2.45) is 0 Å². The first kappa shape index (κ1) is 16.0. The number of carbonyl (C=O) groups excluding carboxylic acids is 1. The van der Waals surface area contributed by atoms with Crippen LogP contribution in [0.3, 0.4) is 0 Å². The van der Waals surface area contributed by atoms with Crippen LogP contribution in [-0.2, 0) is 17.8 Å². The van der Waals surface area contributed by atoms with Crippen molar-refractivity contribution in [3.63, 3.8) is 0 Å². The second kappa shape index (κ2) is 7.14. The Bertz CT molecular complexity index is 685. The van der Waals surface area contributed by atoms with E-state index in [1.165, 1.54) is 6.07 Å². The number of aryl methyl sites for hydroxylation is 1. The third-order valence-electron chi connectivity index (χ3n) is 3.80. The lowest BCUT2D eigenvalue weighted by Gasteiger charge is -2.38. The Kier molecular flexibility index (Phi) is 4.97. The minimum Gasteiger partial charge on any atom is -0.370 e. The Balaban J connectivity index is 1.50. The van der Waals surface area contributed by atoms with E-state index in [-0.39, 0.29) is 24.4 Å². The first-order valence-electron chi connectivity index (χ1n) is 7.64. The lowest BCUT2D eigenvalue weighted by molar-refractivity contribution is -0.0508. The average molecular weight is 335 g/mol. The minimum absolute atomic E-state index is 0.0332. The summed E-state index contributed by atoms with van der Waals surface area (Å²) in [5, 5.41) is 4.02. The van der Waals surface area contributed by atoms with Gasteiger partial charge in [-0.25, -0.2) is 4.39 Å². The molecule has 0 bridgehead atoms. The summed E-state index contributed by atoms with van der Waals surface area (Å²) in [5.74, 6) is -0.297. The van der Waals surface area contributed by atoms with Crippen molar-refractivity contribution >= 4 is 17.4 Å². The SMILES string of the molecule is CCCc1nnsc1C(=O)N1CC(OCc2ccccc2F)C1. The maximum Gasteiger partial charge on any atom is 0.267 e. The zero-order valence-electron chi connectivity index (χ0n) is 12.9. The van der Waals surface area contributed by atoms with Crippen molar-refractivity contribution in [1.82, 2.24) is 14.5 Å². The van der Waals surface area contributed by atoms with Gasteiger partial charge in [0, 0.05) is 18.7 Å². The van der Waals surface area contributed by atoms with Crippen LogP contribution in [0, 0.1) is 5.82 Å². The van der Waals surface area contributed by atoms with Crippen LogP contribution in [0.4, 0.5) is 4.39 Å². The number of ether oxygens (including phenoxy) is 1. The van der Waals surface area contributed by atoms with Crippen LogP contribution in [-0.4, -0.2) is 39.6 Å². The maximum atomic E-state index is 13.5. The summed E-state index contributed by atoms with van der Waals surface area (Å²) in [6, 6.07) is 6.56. The zero-order chi connectivity index (χ0) is 16.2. The highest BCUT2D eigenvalue weighted by Crippen LogP contribution is 2.21. The van der Waals surface area contributed by atoms with E-state index >= 15 is 0 Å². The van der Waals surface area contributed by atoms with E-state index in [2.05, 4.69) is 9.59 Å². The normalized spacial score (nSPS) is 14.8. The molecule has 1 aromatic heterocycles. The molecule has 1 aliphatic rings. The molecule has 23 heavy (non-hydrogen) atoms. The monoisotopic (exact) mass is 335 g/mol. The number of carbonyl (C=O) groups is 1. The largest absolute Gasteiger partial charge is 0.370 e. The zero-order valence-corrected chi connectivity index (χ0v) is 13.7. The molecular weight excluding hydrogens is 317 g/mol. The molecule has 0 radical (unpaired) electrons. The first-order valence-corrected chi connectivity index (χ1v) is 8.42. The van der Waals surface area contributed by atoms with Crippen LogP contribution >= 0.6 is 11.5 Å². The highest BCUT2D eigenvalue weighted by molar-refractivity contribution is 7.08. The van der Waals surface area contributed by atoms with E-state index in [1.807, 2.05) is 6.92 Å². The predicted molar refractivity (Wildman–Crippen MR) is 84.8 cm³/mol. The summed E-state index contributed by atoms with van der Waals surface area (Å²) in [5.41, 5.74) is 1.31. The van der Waals surface area contributed by atoms with Gasteiger partial charge in [-0.3, -0.25) is 4.79 Å². The van der Waals surface area contributed by atoms with Gasteiger partial charge in [0.2, 0.25) is 0 Å². The lowest BCUT2D eigenvalue weighted by Crippen LogP contribution is -2.54. The molecule has 0 spiro atoms. The Hall–Kier alpha value is -1.86. The van der Waals surface area contributed by atoms with E-state index in [0.29, 0.717) is 23.5 Å². The van der Waals surface area contributed by atoms with Gasteiger partial charge in [-0.15, -0.1) is 5.10 Å². The number of rotatable bonds is 6. The van der Waals surface area contributed by atoms with Gasteiger partial charge in [0.1, 0.15) is 10.7 Å². The number of aromatic nitrogens is 2. The molecule has 0 aliphatic carbocycles. The molecule has 0 saturated carbocycles. The van der Waals surface area contributed by atoms with E-state index in [9.17, 15) is 9.18 Å². The number of likely N-dealkylation sites (tertiary alicyclic amines) is 1. The second-order valence-electron chi connectivity index (χ2n) is 5.53. The molecule has 1 fully saturated rings. The number of amides is 1. The van der Waals surface area contributed by atoms with Gasteiger partial charge in [-0.05, 0) is 24.0 Å². The molecule has 0 atom stereocenters. The average Bonchev–Trinajstić information content (AvgIpc) is 2.96. The fourth-order valence-electron chi connectivity index (χ4n) is 2.45. The summed E-state index contributed by atoms with van der Waals surface area (Å²) in [6.45, 7) is 3.32. The quantitative estimate of drug-likeness (QED) is 0.814. The molecule has 0 unspecified atom stereocenters. The van der Waals surface area contributed by atoms with Crippen molar-refractivity contribution < 1.29 is 13.9 Å². The summed E-state index contributed by atoms with van der Waals surface area (Å²) >= 11 is 1.15. The van der Waals surface area contributed by atoms with E-state index in [1.54, 1.807) is 23.1 Å². The number of hydrogen-bond acceptors (Lipinski definition) is 5. The second-order valence-corrected chi connectivity index (χ2v) is 6.29. The van der Waals surface area contributed by atoms with Crippen molar-refractivity contribution in [2.75, 3.05) is 13.1 Å². The summed E-state index contributed by atoms with van der Waals surface area (Å²) < 4.78 is 23.0. The summed E-state index contributed by atoms with van der Waals surface area (Å²) in [7, 11) is 0. The molecule has 2 heterocycles. The molecule has 2 aromatic rings. The van der Waals surface area contributed by atoms with Gasteiger partial charge in [-0.2, -0.15) is 0 Å². The van der Waals surface area contributed by atoms with Crippen LogP contribution in [0.1, 0.15) is 34.3 Å². The van der Waals surface area contributed by atoms with E-state index in [4.69, 9.17) is 4.74 Å². The third-order valence-corrected chi connectivity index (χ3v) is 4.56. The Morgan fingerprint density at radius 2 is 2.22 bits per heavy atom. The third kappa shape index (κ3) is 3.56. The predicted octanol–water partition coefficient (Wildman–Crippen LogP) is 2.67. The highest BCUT2D eigenvalue weighted by atomic mass is 32.1. The maximum absolute atomic E-state index is 13.5. The molecule has 7 heteroatoms. The van der Waals surface area contributed by atoms with Crippen LogP contribution in [0.5, 0.6) is 0 Å². The molecule has 0 N–H and O–H groups in total. The standard InChI is InChI=1S/C16H18FN3O2S/c1-2-5-14-15(23-19-18-14)16(21)20-8-12(9-20)22-10-11-6-3-4-7-13(11)17/h3-4,6-7,12H,2,5,8-10H2,1H3. The number of halogens is 1. The fraction of sp³-hybridized carbons (Fsp3) is 0.438. The van der Waals surface area contributed by atoms with Crippen LogP contribution in [0.2, 0.25) is 0 Å². The summed E-state index contributed by atoms with van der Waals surface area (Å²) in [6.07, 6.45) is 1.65. The molecule has 1 aliphatic heterocycles. The molecular formula is C16H18FN3O2S. The van der Waals surface area contributed by atoms with Crippen molar-refractivity contribution in [1.29, 1.82) is 0 Å². The van der Waals surface area contributed by atoms with Crippen molar-refractivity contribution in [3.05, 3.63) is 46.2 Å².